The lowest BCUT2D eigenvalue weighted by atomic mass is 9.85. The third-order valence-corrected chi connectivity index (χ3v) is 5.05. The van der Waals surface area contributed by atoms with E-state index < -0.39 is 17.5 Å². The second-order valence-electron chi connectivity index (χ2n) is 8.24. The van der Waals surface area contributed by atoms with Crippen molar-refractivity contribution in [3.63, 3.8) is 0 Å². The fraction of sp³-hybridized carbons (Fsp3) is 0.632. The smallest absolute Gasteiger partial charge is 0.433 e. The molecule has 5 nitrogen and oxygen atoms in total. The number of alkyl halides is 3. The van der Waals surface area contributed by atoms with E-state index in [-0.39, 0.29) is 35.4 Å². The van der Waals surface area contributed by atoms with Gasteiger partial charge in [-0.15, -0.1) is 0 Å². The topological polar surface area (TPSA) is 59.5 Å². The number of ether oxygens (including phenoxy) is 1. The lowest BCUT2D eigenvalue weighted by Gasteiger charge is -2.39. The summed E-state index contributed by atoms with van der Waals surface area (Å²) in [5.41, 5.74) is -1.42. The van der Waals surface area contributed by atoms with Crippen LogP contribution in [0.15, 0.2) is 18.3 Å². The van der Waals surface area contributed by atoms with Crippen molar-refractivity contribution in [2.24, 2.45) is 5.92 Å². The highest BCUT2D eigenvalue weighted by atomic mass is 19.4. The summed E-state index contributed by atoms with van der Waals surface area (Å²) in [5.74, 6) is -0.531. The zero-order chi connectivity index (χ0) is 20.0. The van der Waals surface area contributed by atoms with Crippen LogP contribution in [0.25, 0.3) is 0 Å². The summed E-state index contributed by atoms with van der Waals surface area (Å²) in [7, 11) is 0. The van der Waals surface area contributed by atoms with Gasteiger partial charge in [-0.05, 0) is 58.6 Å². The second kappa shape index (κ2) is 6.80. The molecule has 27 heavy (non-hydrogen) atoms. The van der Waals surface area contributed by atoms with Crippen molar-refractivity contribution < 1.29 is 27.5 Å². The van der Waals surface area contributed by atoms with E-state index >= 15 is 0 Å². The first kappa shape index (κ1) is 19.6. The molecule has 1 aromatic heterocycles. The molecule has 2 bridgehead atoms. The van der Waals surface area contributed by atoms with Gasteiger partial charge in [-0.3, -0.25) is 9.78 Å². The minimum Gasteiger partial charge on any atom is -0.444 e. The average Bonchev–Trinajstić information content (AvgIpc) is 2.82. The van der Waals surface area contributed by atoms with Crippen LogP contribution in [-0.4, -0.2) is 39.4 Å². The molecule has 2 unspecified atom stereocenters. The number of rotatable bonds is 2. The van der Waals surface area contributed by atoms with Crippen LogP contribution in [0.1, 0.15) is 62.5 Å². The molecule has 8 heteroatoms. The number of nitrogens with zero attached hydrogens (tertiary/aromatic N) is 2. The van der Waals surface area contributed by atoms with Crippen LogP contribution in [0.4, 0.5) is 18.0 Å². The van der Waals surface area contributed by atoms with Gasteiger partial charge >= 0.3 is 12.3 Å². The van der Waals surface area contributed by atoms with Crippen LogP contribution in [0.2, 0.25) is 0 Å². The zero-order valence-electron chi connectivity index (χ0n) is 15.5. The number of hydrogen-bond acceptors (Lipinski definition) is 4. The van der Waals surface area contributed by atoms with Crippen LogP contribution in [0.5, 0.6) is 0 Å². The Morgan fingerprint density at radius 3 is 2.15 bits per heavy atom. The maximum Gasteiger partial charge on any atom is 0.433 e. The fourth-order valence-electron chi connectivity index (χ4n) is 3.95. The highest BCUT2D eigenvalue weighted by molar-refractivity contribution is 5.97. The van der Waals surface area contributed by atoms with Gasteiger partial charge in [-0.25, -0.2) is 4.79 Å². The van der Waals surface area contributed by atoms with E-state index in [0.29, 0.717) is 12.8 Å². The Morgan fingerprint density at radius 1 is 1.11 bits per heavy atom. The number of halogens is 3. The number of Topliss-reactive ketones (excluding diaryl/α,β-unsaturated/α-hetero) is 1. The molecule has 0 saturated carbocycles. The molecule has 0 spiro atoms. The van der Waals surface area contributed by atoms with Crippen LogP contribution in [0.3, 0.4) is 0 Å². The number of fused-ring (bicyclic) bond motifs is 2. The van der Waals surface area contributed by atoms with Crippen molar-refractivity contribution >= 4 is 11.9 Å². The Balaban J connectivity index is 1.69. The van der Waals surface area contributed by atoms with Gasteiger partial charge in [0.25, 0.3) is 0 Å². The van der Waals surface area contributed by atoms with Gasteiger partial charge in [0.2, 0.25) is 0 Å². The summed E-state index contributed by atoms with van der Waals surface area (Å²) < 4.78 is 43.3. The Morgan fingerprint density at radius 2 is 1.70 bits per heavy atom. The molecule has 2 aliphatic heterocycles. The van der Waals surface area contributed by atoms with Crippen LogP contribution in [-0.2, 0) is 10.9 Å². The Kier molecular flexibility index (Phi) is 4.94. The van der Waals surface area contributed by atoms with E-state index in [1.165, 1.54) is 6.07 Å². The minimum atomic E-state index is -4.53. The number of aromatic nitrogens is 1. The molecule has 2 fully saturated rings. The molecule has 148 valence electrons. The van der Waals surface area contributed by atoms with Crippen molar-refractivity contribution in [1.82, 2.24) is 9.88 Å². The maximum absolute atomic E-state index is 12.7. The predicted octanol–water partition coefficient (Wildman–Crippen LogP) is 4.46. The lowest BCUT2D eigenvalue weighted by molar-refractivity contribution is -0.141. The van der Waals surface area contributed by atoms with E-state index in [4.69, 9.17) is 4.74 Å². The summed E-state index contributed by atoms with van der Waals surface area (Å²) in [6.45, 7) is 5.42. The molecule has 1 aromatic rings. The van der Waals surface area contributed by atoms with Crippen LogP contribution < -0.4 is 0 Å². The van der Waals surface area contributed by atoms with Crippen molar-refractivity contribution in [3.8, 4) is 0 Å². The Hall–Kier alpha value is -2.12. The van der Waals surface area contributed by atoms with Crippen LogP contribution >= 0.6 is 0 Å². The molecule has 0 aromatic carbocycles. The molecule has 2 saturated heterocycles. The highest BCUT2D eigenvalue weighted by Gasteiger charge is 2.46. The number of pyridine rings is 1. The van der Waals surface area contributed by atoms with Crippen molar-refractivity contribution in [2.45, 2.75) is 70.3 Å². The molecule has 1 amide bonds. The summed E-state index contributed by atoms with van der Waals surface area (Å²) in [6, 6.07) is 1.86. The van der Waals surface area contributed by atoms with E-state index in [1.807, 2.05) is 0 Å². The van der Waals surface area contributed by atoms with E-state index in [1.54, 1.807) is 25.7 Å². The second-order valence-corrected chi connectivity index (χ2v) is 8.24. The first-order chi connectivity index (χ1) is 12.5. The maximum atomic E-state index is 12.7. The van der Waals surface area contributed by atoms with Gasteiger partial charge in [0.1, 0.15) is 11.3 Å². The summed E-state index contributed by atoms with van der Waals surface area (Å²) in [4.78, 5) is 30.3. The Bertz CT molecular complexity index is 711. The van der Waals surface area contributed by atoms with Crippen molar-refractivity contribution in [3.05, 3.63) is 29.6 Å². The molecule has 0 radical (unpaired) electrons. The summed E-state index contributed by atoms with van der Waals surface area (Å²) in [5, 5.41) is 0. The van der Waals surface area contributed by atoms with Gasteiger partial charge in [-0.1, -0.05) is 0 Å². The third kappa shape index (κ3) is 4.25. The number of carbonyl (C=O) groups is 2. The van der Waals surface area contributed by atoms with Gasteiger partial charge in [0, 0.05) is 29.8 Å². The lowest BCUT2D eigenvalue weighted by Crippen LogP contribution is -2.49. The van der Waals surface area contributed by atoms with E-state index in [2.05, 4.69) is 4.98 Å². The quantitative estimate of drug-likeness (QED) is 0.707. The van der Waals surface area contributed by atoms with Gasteiger partial charge in [0.05, 0.1) is 0 Å². The molecule has 2 aliphatic rings. The highest BCUT2D eigenvalue weighted by Crippen LogP contribution is 2.40. The number of amides is 1. The van der Waals surface area contributed by atoms with E-state index in [9.17, 15) is 22.8 Å². The normalized spacial score (nSPS) is 25.4. The third-order valence-electron chi connectivity index (χ3n) is 5.05. The fourth-order valence-corrected chi connectivity index (χ4v) is 3.95. The number of hydrogen-bond donors (Lipinski definition) is 0. The van der Waals surface area contributed by atoms with Crippen molar-refractivity contribution in [1.29, 1.82) is 0 Å². The molecule has 0 aliphatic carbocycles. The van der Waals surface area contributed by atoms with E-state index in [0.717, 1.165) is 25.1 Å². The SMILES string of the molecule is CC(C)(C)OC(=O)N1C2CCC1CC(C(=O)c1ccc(C(F)(F)F)nc1)C2. The first-order valence-electron chi connectivity index (χ1n) is 9.04. The molecular formula is C19H23F3N2O3. The summed E-state index contributed by atoms with van der Waals surface area (Å²) in [6.07, 6.45) is -1.30. The molecule has 3 rings (SSSR count). The monoisotopic (exact) mass is 384 g/mol. The molecule has 2 atom stereocenters. The van der Waals surface area contributed by atoms with Gasteiger partial charge in [0.15, 0.2) is 5.78 Å². The Labute approximate surface area is 155 Å². The van der Waals surface area contributed by atoms with Crippen LogP contribution in [0, 0.1) is 5.92 Å². The predicted molar refractivity (Wildman–Crippen MR) is 91.2 cm³/mol. The van der Waals surface area contributed by atoms with Gasteiger partial charge < -0.3 is 9.64 Å². The molecule has 3 heterocycles. The standard InChI is InChI=1S/C19H23F3N2O3/c1-18(2,3)27-17(26)24-13-5-6-14(24)9-12(8-13)16(25)11-4-7-15(23-10-11)19(20,21)22/h4,7,10,12-14H,5-6,8-9H2,1-3H3. The average molecular weight is 384 g/mol. The van der Waals surface area contributed by atoms with Crippen molar-refractivity contribution in [2.75, 3.05) is 0 Å². The first-order valence-corrected chi connectivity index (χ1v) is 9.04. The summed E-state index contributed by atoms with van der Waals surface area (Å²) >= 11 is 0. The van der Waals surface area contributed by atoms with Gasteiger partial charge in [-0.2, -0.15) is 13.2 Å². The molecule has 0 N–H and O–H groups in total. The number of piperidine rings is 1. The number of ketones is 1. The largest absolute Gasteiger partial charge is 0.444 e. The molecular weight excluding hydrogens is 361 g/mol. The number of carbonyl (C=O) groups excluding carboxylic acids is 2. The zero-order valence-corrected chi connectivity index (χ0v) is 15.5. The minimum absolute atomic E-state index is 0.0741.